The number of benzene rings is 2. The Labute approximate surface area is 174 Å². The number of ketones is 1. The third-order valence-electron chi connectivity index (χ3n) is 5.68. The van der Waals surface area contributed by atoms with Crippen LogP contribution in [0.4, 0.5) is 4.39 Å². The molecule has 0 spiro atoms. The van der Waals surface area contributed by atoms with Crippen molar-refractivity contribution >= 4 is 5.78 Å². The Hall–Kier alpha value is -3.59. The minimum Gasteiger partial charge on any atom is -0.489 e. The largest absolute Gasteiger partial charge is 0.489 e. The van der Waals surface area contributed by atoms with Gasteiger partial charge in [-0.1, -0.05) is 30.3 Å². The van der Waals surface area contributed by atoms with Gasteiger partial charge in [0.05, 0.1) is 17.6 Å². The summed E-state index contributed by atoms with van der Waals surface area (Å²) in [5.74, 6) is 0.0359. The number of rotatable bonds is 4. The van der Waals surface area contributed by atoms with Crippen molar-refractivity contribution in [1.82, 2.24) is 4.90 Å². The predicted octanol–water partition coefficient (Wildman–Crippen LogP) is 4.13. The highest BCUT2D eigenvalue weighted by molar-refractivity contribution is 6.00. The molecule has 0 fully saturated rings. The van der Waals surface area contributed by atoms with Gasteiger partial charge in [0.25, 0.3) is 0 Å². The van der Waals surface area contributed by atoms with E-state index in [1.807, 2.05) is 18.2 Å². The zero-order valence-electron chi connectivity index (χ0n) is 16.7. The molecular weight excluding hydrogens is 381 g/mol. The number of Topliss-reactive ketones (excluding diaryl/α,β-unsaturated/α-hetero) is 1. The van der Waals surface area contributed by atoms with E-state index in [0.29, 0.717) is 40.3 Å². The zero-order chi connectivity index (χ0) is 21.3. The second-order valence-electron chi connectivity index (χ2n) is 7.50. The molecule has 5 nitrogen and oxygen atoms in total. The fourth-order valence-corrected chi connectivity index (χ4v) is 4.21. The van der Waals surface area contributed by atoms with Crippen LogP contribution in [-0.4, -0.2) is 17.7 Å². The van der Waals surface area contributed by atoms with Crippen LogP contribution in [0.5, 0.6) is 5.75 Å². The predicted molar refractivity (Wildman–Crippen MR) is 110 cm³/mol. The Bertz CT molecular complexity index is 1110. The van der Waals surface area contributed by atoms with Crippen LogP contribution in [0.1, 0.15) is 36.3 Å². The van der Waals surface area contributed by atoms with Gasteiger partial charge >= 0.3 is 0 Å². The standard InChI is InChI=1S/C24H22FN3O2/c1-28-19-9-5-10-20(29)23(19)22(18(13-26)24(28)27)17-8-2-3-11-21(17)30-14-15-6-4-7-16(25)12-15/h2-4,6-8,11-12,22H,5,9-10,14,27H2,1H3/t22-/m1/s1. The monoisotopic (exact) mass is 403 g/mol. The number of carbonyl (C=O) groups excluding carboxylic acids is 1. The number of carbonyl (C=O) groups is 1. The SMILES string of the molecule is CN1C(N)=C(C#N)[C@@H](c2ccccc2OCc2cccc(F)c2)C2=C1CCCC2=O. The van der Waals surface area contributed by atoms with Gasteiger partial charge in [0.1, 0.15) is 24.0 Å². The van der Waals surface area contributed by atoms with Gasteiger partial charge in [-0.25, -0.2) is 4.39 Å². The van der Waals surface area contributed by atoms with Gasteiger partial charge in [-0.3, -0.25) is 4.79 Å². The van der Waals surface area contributed by atoms with Crippen molar-refractivity contribution in [1.29, 1.82) is 5.26 Å². The third-order valence-corrected chi connectivity index (χ3v) is 5.68. The number of hydrogen-bond donors (Lipinski definition) is 1. The van der Waals surface area contributed by atoms with Gasteiger partial charge in [0.15, 0.2) is 5.78 Å². The molecule has 2 N–H and O–H groups in total. The lowest BCUT2D eigenvalue weighted by molar-refractivity contribution is -0.116. The molecule has 0 saturated carbocycles. The number of nitriles is 1. The average molecular weight is 403 g/mol. The van der Waals surface area contributed by atoms with E-state index in [1.54, 1.807) is 30.1 Å². The normalized spacial score (nSPS) is 18.9. The lowest BCUT2D eigenvalue weighted by Crippen LogP contribution is -2.36. The molecule has 1 heterocycles. The van der Waals surface area contributed by atoms with Crippen LogP contribution >= 0.6 is 0 Å². The molecule has 1 aliphatic heterocycles. The van der Waals surface area contributed by atoms with Crippen LogP contribution in [0, 0.1) is 17.1 Å². The van der Waals surface area contributed by atoms with Crippen molar-refractivity contribution in [3.05, 3.63) is 88.1 Å². The van der Waals surface area contributed by atoms with Gasteiger partial charge in [0, 0.05) is 30.3 Å². The molecule has 1 aliphatic carbocycles. The van der Waals surface area contributed by atoms with Crippen LogP contribution in [0.2, 0.25) is 0 Å². The topological polar surface area (TPSA) is 79.3 Å². The Kier molecular flexibility index (Phi) is 5.28. The smallest absolute Gasteiger partial charge is 0.161 e. The fourth-order valence-electron chi connectivity index (χ4n) is 4.21. The van der Waals surface area contributed by atoms with Crippen molar-refractivity contribution < 1.29 is 13.9 Å². The molecule has 2 aromatic rings. The number of halogens is 1. The third kappa shape index (κ3) is 3.43. The fraction of sp³-hybridized carbons (Fsp3) is 0.250. The highest BCUT2D eigenvalue weighted by atomic mass is 19.1. The van der Waals surface area contributed by atoms with Crippen molar-refractivity contribution in [2.24, 2.45) is 5.73 Å². The van der Waals surface area contributed by atoms with E-state index in [2.05, 4.69) is 6.07 Å². The highest BCUT2D eigenvalue weighted by Crippen LogP contribution is 2.46. The number of hydrogen-bond acceptors (Lipinski definition) is 5. The first-order valence-corrected chi connectivity index (χ1v) is 9.87. The molecular formula is C24H22FN3O2. The molecule has 0 saturated heterocycles. The second kappa shape index (κ2) is 8.03. The highest BCUT2D eigenvalue weighted by Gasteiger charge is 2.39. The van der Waals surface area contributed by atoms with Crippen LogP contribution < -0.4 is 10.5 Å². The Balaban J connectivity index is 1.77. The Morgan fingerprint density at radius 3 is 2.80 bits per heavy atom. The van der Waals surface area contributed by atoms with E-state index in [-0.39, 0.29) is 18.2 Å². The first kappa shape index (κ1) is 19.7. The van der Waals surface area contributed by atoms with Crippen molar-refractivity contribution in [2.75, 3.05) is 7.05 Å². The molecule has 1 atom stereocenters. The minimum atomic E-state index is -0.572. The molecule has 4 rings (SSSR count). The van der Waals surface area contributed by atoms with Crippen molar-refractivity contribution in [3.8, 4) is 11.8 Å². The van der Waals surface area contributed by atoms with Gasteiger partial charge in [0.2, 0.25) is 0 Å². The number of nitrogens with zero attached hydrogens (tertiary/aromatic N) is 2. The summed E-state index contributed by atoms with van der Waals surface area (Å²) in [6.45, 7) is 0.169. The maximum absolute atomic E-state index is 13.5. The first-order valence-electron chi connectivity index (χ1n) is 9.87. The summed E-state index contributed by atoms with van der Waals surface area (Å²) >= 11 is 0. The molecule has 0 unspecified atom stereocenters. The lowest BCUT2D eigenvalue weighted by atomic mass is 9.75. The molecule has 152 valence electrons. The van der Waals surface area contributed by atoms with E-state index < -0.39 is 5.92 Å². The maximum Gasteiger partial charge on any atom is 0.161 e. The molecule has 6 heteroatoms. The van der Waals surface area contributed by atoms with Gasteiger partial charge < -0.3 is 15.4 Å². The average Bonchev–Trinajstić information content (AvgIpc) is 2.75. The van der Waals surface area contributed by atoms with Crippen LogP contribution in [0.3, 0.4) is 0 Å². The summed E-state index contributed by atoms with van der Waals surface area (Å²) in [7, 11) is 1.79. The minimum absolute atomic E-state index is 0.0354. The summed E-state index contributed by atoms with van der Waals surface area (Å²) in [4.78, 5) is 14.7. The van der Waals surface area contributed by atoms with Crippen LogP contribution in [0.25, 0.3) is 0 Å². The second-order valence-corrected chi connectivity index (χ2v) is 7.50. The van der Waals surface area contributed by atoms with E-state index in [4.69, 9.17) is 10.5 Å². The first-order chi connectivity index (χ1) is 14.5. The van der Waals surface area contributed by atoms with Gasteiger partial charge in [-0.2, -0.15) is 5.26 Å². The molecule has 0 bridgehead atoms. The van der Waals surface area contributed by atoms with E-state index in [0.717, 1.165) is 18.5 Å². The van der Waals surface area contributed by atoms with Crippen molar-refractivity contribution in [2.45, 2.75) is 31.8 Å². The number of ether oxygens (including phenoxy) is 1. The molecule has 0 amide bonds. The molecule has 30 heavy (non-hydrogen) atoms. The Morgan fingerprint density at radius 2 is 2.03 bits per heavy atom. The van der Waals surface area contributed by atoms with Crippen molar-refractivity contribution in [3.63, 3.8) is 0 Å². The zero-order valence-corrected chi connectivity index (χ0v) is 16.7. The quantitative estimate of drug-likeness (QED) is 0.830. The van der Waals surface area contributed by atoms with E-state index in [9.17, 15) is 14.4 Å². The molecule has 0 aromatic heterocycles. The van der Waals surface area contributed by atoms with Gasteiger partial charge in [-0.15, -0.1) is 0 Å². The van der Waals surface area contributed by atoms with E-state index >= 15 is 0 Å². The summed E-state index contributed by atoms with van der Waals surface area (Å²) in [6, 6.07) is 15.8. The molecule has 2 aromatic carbocycles. The summed E-state index contributed by atoms with van der Waals surface area (Å²) in [6.07, 6.45) is 1.95. The summed E-state index contributed by atoms with van der Waals surface area (Å²) < 4.78 is 19.5. The molecule has 2 aliphatic rings. The van der Waals surface area contributed by atoms with Crippen LogP contribution in [0.15, 0.2) is 71.2 Å². The number of nitrogens with two attached hydrogens (primary N) is 1. The van der Waals surface area contributed by atoms with E-state index in [1.165, 1.54) is 12.1 Å². The number of allylic oxidation sites excluding steroid dienone is 3. The maximum atomic E-state index is 13.5. The summed E-state index contributed by atoms with van der Waals surface area (Å²) in [5, 5.41) is 9.89. The molecule has 0 radical (unpaired) electrons. The lowest BCUT2D eigenvalue weighted by Gasteiger charge is -2.38. The van der Waals surface area contributed by atoms with Gasteiger partial charge in [-0.05, 0) is 36.6 Å². The Morgan fingerprint density at radius 1 is 1.23 bits per heavy atom. The summed E-state index contributed by atoms with van der Waals surface area (Å²) in [5.41, 5.74) is 9.54. The number of para-hydroxylation sites is 1. The van der Waals surface area contributed by atoms with Crippen LogP contribution in [-0.2, 0) is 11.4 Å².